The molecule has 0 fully saturated rings. The second-order valence-corrected chi connectivity index (χ2v) is 9.49. The molecule has 172 valence electrons. The molecule has 1 aliphatic heterocycles. The summed E-state index contributed by atoms with van der Waals surface area (Å²) in [6, 6.07) is 8.28. The van der Waals surface area contributed by atoms with E-state index in [0.29, 0.717) is 29.5 Å². The molecule has 2 N–H and O–H groups in total. The van der Waals surface area contributed by atoms with Crippen molar-refractivity contribution in [2.24, 2.45) is 0 Å². The third-order valence-electron chi connectivity index (χ3n) is 5.31. The Kier molecular flexibility index (Phi) is 5.39. The molecule has 0 radical (unpaired) electrons. The van der Waals surface area contributed by atoms with Crippen molar-refractivity contribution in [3.8, 4) is 11.5 Å². The van der Waals surface area contributed by atoms with Gasteiger partial charge in [0.2, 0.25) is 0 Å². The van der Waals surface area contributed by atoms with E-state index in [0.717, 1.165) is 5.56 Å². The minimum atomic E-state index is -4.26. The predicted octanol–water partition coefficient (Wildman–Crippen LogP) is 3.35. The Morgan fingerprint density at radius 3 is 2.97 bits per heavy atom. The molecule has 1 unspecified atom stereocenters. The number of anilines is 1. The summed E-state index contributed by atoms with van der Waals surface area (Å²) in [6.45, 7) is 0.624. The molecular weight excluding hydrogens is 472 g/mol. The Hall–Kier alpha value is -3.28. The van der Waals surface area contributed by atoms with Gasteiger partial charge in [-0.2, -0.15) is 5.10 Å². The standard InChI is InChI=1S/C21H19ClN4O6S/c1-30-16-4-3-13-15(27)5-8-31-19(13)20(16)33(28,29)25-21-18-14(22)9-12(10-17(18)32-24-21)11-26-7-2-6-23-26/h2-4,6-7,9-10,15,27H,5,8,11H2,1H3,(H,24,25). The Labute approximate surface area is 193 Å². The Bertz CT molecular complexity index is 1430. The highest BCUT2D eigenvalue weighted by molar-refractivity contribution is 7.93. The van der Waals surface area contributed by atoms with Crippen LogP contribution in [0, 0.1) is 0 Å². The second-order valence-electron chi connectivity index (χ2n) is 7.46. The van der Waals surface area contributed by atoms with Crippen molar-refractivity contribution < 1.29 is 27.5 Å². The van der Waals surface area contributed by atoms with Crippen molar-refractivity contribution in [1.29, 1.82) is 0 Å². The molecule has 0 bridgehead atoms. The third-order valence-corrected chi connectivity index (χ3v) is 7.00. The lowest BCUT2D eigenvalue weighted by Gasteiger charge is -2.25. The number of hydrogen-bond acceptors (Lipinski definition) is 8. The minimum absolute atomic E-state index is 0.0426. The predicted molar refractivity (Wildman–Crippen MR) is 119 cm³/mol. The lowest BCUT2D eigenvalue weighted by atomic mass is 10.0. The molecule has 0 saturated heterocycles. The normalized spacial score (nSPS) is 15.8. The number of fused-ring (bicyclic) bond motifs is 2. The highest BCUT2D eigenvalue weighted by Crippen LogP contribution is 2.43. The number of halogens is 1. The number of hydrogen-bond donors (Lipinski definition) is 2. The number of nitrogens with zero attached hydrogens (tertiary/aromatic N) is 3. The Balaban J connectivity index is 1.54. The smallest absolute Gasteiger partial charge is 0.270 e. The zero-order chi connectivity index (χ0) is 23.2. The molecule has 5 rings (SSSR count). The van der Waals surface area contributed by atoms with Crippen molar-refractivity contribution in [3.63, 3.8) is 0 Å². The van der Waals surface area contributed by atoms with Gasteiger partial charge in [0.15, 0.2) is 16.3 Å². The van der Waals surface area contributed by atoms with Gasteiger partial charge in [0.25, 0.3) is 10.0 Å². The maximum Gasteiger partial charge on any atom is 0.270 e. The maximum absolute atomic E-state index is 13.4. The number of aliphatic hydroxyl groups excluding tert-OH is 1. The van der Waals surface area contributed by atoms with Gasteiger partial charge in [0.05, 0.1) is 36.8 Å². The van der Waals surface area contributed by atoms with Gasteiger partial charge >= 0.3 is 0 Å². The van der Waals surface area contributed by atoms with Crippen LogP contribution in [0.3, 0.4) is 0 Å². The number of aromatic nitrogens is 3. The van der Waals surface area contributed by atoms with Crippen molar-refractivity contribution in [1.82, 2.24) is 14.9 Å². The summed E-state index contributed by atoms with van der Waals surface area (Å²) in [7, 11) is -2.91. The number of nitrogens with one attached hydrogen (secondary N) is 1. The maximum atomic E-state index is 13.4. The van der Waals surface area contributed by atoms with Gasteiger partial charge in [-0.3, -0.25) is 9.40 Å². The van der Waals surface area contributed by atoms with Gasteiger partial charge in [-0.1, -0.05) is 16.8 Å². The SMILES string of the molecule is COc1ccc2c(c1S(=O)(=O)Nc1noc3cc(Cn4cccn4)cc(Cl)c13)OCCC2O. The largest absolute Gasteiger partial charge is 0.495 e. The van der Waals surface area contributed by atoms with E-state index in [-0.39, 0.29) is 33.8 Å². The summed E-state index contributed by atoms with van der Waals surface area (Å²) in [6.07, 6.45) is 2.99. The molecule has 2 aromatic carbocycles. The van der Waals surface area contributed by atoms with E-state index in [1.165, 1.54) is 13.2 Å². The lowest BCUT2D eigenvalue weighted by Crippen LogP contribution is -2.21. The topological polar surface area (TPSA) is 129 Å². The number of sulfonamides is 1. The fraction of sp³-hybridized carbons (Fsp3) is 0.238. The second kappa shape index (κ2) is 8.25. The first-order valence-electron chi connectivity index (χ1n) is 9.97. The van der Waals surface area contributed by atoms with Crippen LogP contribution in [0.4, 0.5) is 5.82 Å². The molecule has 33 heavy (non-hydrogen) atoms. The van der Waals surface area contributed by atoms with Crippen LogP contribution < -0.4 is 14.2 Å². The van der Waals surface area contributed by atoms with Crippen LogP contribution in [0.5, 0.6) is 11.5 Å². The highest BCUT2D eigenvalue weighted by Gasteiger charge is 2.33. The number of rotatable bonds is 6. The molecular formula is C21H19ClN4O6S. The Morgan fingerprint density at radius 2 is 2.21 bits per heavy atom. The fourth-order valence-electron chi connectivity index (χ4n) is 3.81. The zero-order valence-electron chi connectivity index (χ0n) is 17.4. The van der Waals surface area contributed by atoms with E-state index >= 15 is 0 Å². The van der Waals surface area contributed by atoms with Crippen LogP contribution in [0.25, 0.3) is 11.0 Å². The highest BCUT2D eigenvalue weighted by atomic mass is 35.5. The van der Waals surface area contributed by atoms with E-state index in [2.05, 4.69) is 15.0 Å². The van der Waals surface area contributed by atoms with Crippen LogP contribution in [0.1, 0.15) is 23.7 Å². The van der Waals surface area contributed by atoms with Gasteiger partial charge in [0.1, 0.15) is 11.5 Å². The first kappa shape index (κ1) is 21.6. The number of ether oxygens (including phenoxy) is 2. The van der Waals surface area contributed by atoms with Crippen LogP contribution in [0.2, 0.25) is 5.02 Å². The average Bonchev–Trinajstić information content (AvgIpc) is 3.43. The summed E-state index contributed by atoms with van der Waals surface area (Å²) < 4.78 is 47.2. The monoisotopic (exact) mass is 490 g/mol. The van der Waals surface area contributed by atoms with E-state index in [1.807, 2.05) is 6.20 Å². The number of methoxy groups -OCH3 is 1. The first-order valence-corrected chi connectivity index (χ1v) is 11.8. The summed E-state index contributed by atoms with van der Waals surface area (Å²) in [5, 5.41) is 18.9. The molecule has 0 aliphatic carbocycles. The van der Waals surface area contributed by atoms with Crippen molar-refractivity contribution in [2.45, 2.75) is 24.0 Å². The molecule has 0 saturated carbocycles. The van der Waals surface area contributed by atoms with Crippen molar-refractivity contribution >= 4 is 38.4 Å². The molecule has 1 atom stereocenters. The summed E-state index contributed by atoms with van der Waals surface area (Å²) in [4.78, 5) is -0.233. The third kappa shape index (κ3) is 3.88. The summed E-state index contributed by atoms with van der Waals surface area (Å²) >= 11 is 6.47. The molecule has 3 heterocycles. The Morgan fingerprint density at radius 1 is 1.36 bits per heavy atom. The van der Waals surface area contributed by atoms with Gasteiger partial charge < -0.3 is 19.1 Å². The van der Waals surface area contributed by atoms with E-state index in [9.17, 15) is 13.5 Å². The molecule has 4 aromatic rings. The van der Waals surface area contributed by atoms with Gasteiger partial charge in [-0.05, 0) is 35.9 Å². The lowest BCUT2D eigenvalue weighted by molar-refractivity contribution is 0.112. The summed E-state index contributed by atoms with van der Waals surface area (Å²) in [5.74, 6) is 0.0356. The molecule has 1 aliphatic rings. The molecule has 12 heteroatoms. The molecule has 2 aromatic heterocycles. The molecule has 0 amide bonds. The van der Waals surface area contributed by atoms with Gasteiger partial charge in [-0.25, -0.2) is 8.42 Å². The van der Waals surface area contributed by atoms with Gasteiger partial charge in [-0.15, -0.1) is 0 Å². The van der Waals surface area contributed by atoms with Crippen molar-refractivity contribution in [3.05, 3.63) is 58.9 Å². The molecule has 0 spiro atoms. The van der Waals surface area contributed by atoms with Crippen molar-refractivity contribution in [2.75, 3.05) is 18.4 Å². The van der Waals surface area contributed by atoms with E-state index in [4.69, 9.17) is 25.6 Å². The minimum Gasteiger partial charge on any atom is -0.495 e. The van der Waals surface area contributed by atoms with E-state index < -0.39 is 16.1 Å². The number of aliphatic hydroxyl groups is 1. The van der Waals surface area contributed by atoms with E-state index in [1.54, 1.807) is 35.1 Å². The number of benzene rings is 2. The van der Waals surface area contributed by atoms with Crippen LogP contribution in [-0.4, -0.2) is 42.2 Å². The average molecular weight is 491 g/mol. The zero-order valence-corrected chi connectivity index (χ0v) is 18.9. The van der Waals surface area contributed by atoms with Crippen LogP contribution in [0.15, 0.2) is 52.1 Å². The first-order chi connectivity index (χ1) is 15.9. The molecule has 10 nitrogen and oxygen atoms in total. The van der Waals surface area contributed by atoms with Gasteiger partial charge in [0, 0.05) is 24.4 Å². The quantitative estimate of drug-likeness (QED) is 0.421. The summed E-state index contributed by atoms with van der Waals surface area (Å²) in [5.41, 5.74) is 1.49. The fourth-order valence-corrected chi connectivity index (χ4v) is 5.47. The van der Waals surface area contributed by atoms with Crippen LogP contribution >= 0.6 is 11.6 Å². The van der Waals surface area contributed by atoms with Crippen LogP contribution in [-0.2, 0) is 16.6 Å².